The van der Waals surface area contributed by atoms with E-state index in [0.29, 0.717) is 9.90 Å². The standard InChI is InChI=1S/C9H5ClN2OS/c10-6-1-2-8(11-3-6)9-12-4-7(5-13)14-9/h1-5H. The zero-order chi connectivity index (χ0) is 9.97. The molecule has 0 aliphatic carbocycles. The Hall–Kier alpha value is -1.26. The van der Waals surface area contributed by atoms with Gasteiger partial charge >= 0.3 is 0 Å². The van der Waals surface area contributed by atoms with E-state index in [0.717, 1.165) is 17.0 Å². The van der Waals surface area contributed by atoms with Gasteiger partial charge in [0.15, 0.2) is 6.29 Å². The van der Waals surface area contributed by atoms with Crippen LogP contribution in [0.4, 0.5) is 0 Å². The van der Waals surface area contributed by atoms with Gasteiger partial charge in [0.25, 0.3) is 0 Å². The first-order valence-electron chi connectivity index (χ1n) is 3.82. The first kappa shape index (κ1) is 9.30. The Labute approximate surface area is 89.4 Å². The summed E-state index contributed by atoms with van der Waals surface area (Å²) in [5.74, 6) is 0. The summed E-state index contributed by atoms with van der Waals surface area (Å²) in [5, 5.41) is 1.31. The quantitative estimate of drug-likeness (QED) is 0.737. The van der Waals surface area contributed by atoms with Crippen LogP contribution in [0.25, 0.3) is 10.7 Å². The molecule has 0 spiro atoms. The minimum absolute atomic E-state index is 0.584. The van der Waals surface area contributed by atoms with E-state index < -0.39 is 0 Å². The molecule has 0 saturated heterocycles. The van der Waals surface area contributed by atoms with E-state index in [1.165, 1.54) is 17.5 Å². The van der Waals surface area contributed by atoms with Crippen LogP contribution in [0.3, 0.4) is 0 Å². The Kier molecular flexibility index (Phi) is 2.56. The first-order chi connectivity index (χ1) is 6.79. The highest BCUT2D eigenvalue weighted by Gasteiger charge is 2.04. The number of hydrogen-bond donors (Lipinski definition) is 0. The second-order valence-corrected chi connectivity index (χ2v) is 4.05. The lowest BCUT2D eigenvalue weighted by molar-refractivity contribution is 0.112. The average molecular weight is 225 g/mol. The summed E-state index contributed by atoms with van der Waals surface area (Å²) >= 11 is 7.00. The van der Waals surface area contributed by atoms with Gasteiger partial charge in [0.2, 0.25) is 0 Å². The molecule has 0 saturated carbocycles. The predicted molar refractivity (Wildman–Crippen MR) is 55.7 cm³/mol. The topological polar surface area (TPSA) is 42.9 Å². The summed E-state index contributed by atoms with van der Waals surface area (Å²) in [4.78, 5) is 19.2. The molecule has 0 aliphatic rings. The molecule has 3 nitrogen and oxygen atoms in total. The van der Waals surface area contributed by atoms with Crippen LogP contribution in [0.2, 0.25) is 5.02 Å². The van der Waals surface area contributed by atoms with E-state index in [9.17, 15) is 4.79 Å². The van der Waals surface area contributed by atoms with Crippen LogP contribution in [0.15, 0.2) is 24.5 Å². The van der Waals surface area contributed by atoms with Crippen molar-refractivity contribution >= 4 is 29.2 Å². The number of aromatic nitrogens is 2. The number of rotatable bonds is 2. The molecule has 5 heteroatoms. The van der Waals surface area contributed by atoms with Crippen LogP contribution in [-0.4, -0.2) is 16.3 Å². The van der Waals surface area contributed by atoms with Crippen molar-refractivity contribution in [3.63, 3.8) is 0 Å². The molecule has 0 N–H and O–H groups in total. The van der Waals surface area contributed by atoms with Crippen LogP contribution in [-0.2, 0) is 0 Å². The molecule has 14 heavy (non-hydrogen) atoms. The SMILES string of the molecule is O=Cc1cnc(-c2ccc(Cl)cn2)s1. The Bertz CT molecular complexity index is 452. The molecule has 0 bridgehead atoms. The maximum Gasteiger partial charge on any atom is 0.161 e. The average Bonchev–Trinajstić information content (AvgIpc) is 2.67. The van der Waals surface area contributed by atoms with Crippen LogP contribution in [0.5, 0.6) is 0 Å². The van der Waals surface area contributed by atoms with E-state index in [1.54, 1.807) is 18.3 Å². The van der Waals surface area contributed by atoms with E-state index >= 15 is 0 Å². The van der Waals surface area contributed by atoms with Crippen LogP contribution in [0, 0.1) is 0 Å². The zero-order valence-electron chi connectivity index (χ0n) is 6.98. The van der Waals surface area contributed by atoms with Crippen LogP contribution >= 0.6 is 22.9 Å². The fraction of sp³-hybridized carbons (Fsp3) is 0. The van der Waals surface area contributed by atoms with Gasteiger partial charge in [-0.3, -0.25) is 9.78 Å². The molecule has 2 heterocycles. The number of carbonyl (C=O) groups is 1. The molecule has 2 aromatic heterocycles. The molecule has 0 fully saturated rings. The molecule has 0 atom stereocenters. The Morgan fingerprint density at radius 2 is 2.14 bits per heavy atom. The summed E-state index contributed by atoms with van der Waals surface area (Å²) in [6, 6.07) is 3.52. The number of pyridine rings is 1. The van der Waals surface area contributed by atoms with Crippen molar-refractivity contribution < 1.29 is 4.79 Å². The van der Waals surface area contributed by atoms with Crippen molar-refractivity contribution in [2.45, 2.75) is 0 Å². The number of hydrogen-bond acceptors (Lipinski definition) is 4. The molecular weight excluding hydrogens is 220 g/mol. The second-order valence-electron chi connectivity index (χ2n) is 2.55. The fourth-order valence-corrected chi connectivity index (χ4v) is 1.78. The van der Waals surface area contributed by atoms with Crippen molar-refractivity contribution in [1.29, 1.82) is 0 Å². The van der Waals surface area contributed by atoms with Crippen molar-refractivity contribution in [3.05, 3.63) is 34.4 Å². The second kappa shape index (κ2) is 3.86. The zero-order valence-corrected chi connectivity index (χ0v) is 8.55. The molecule has 0 unspecified atom stereocenters. The highest BCUT2D eigenvalue weighted by atomic mass is 35.5. The maximum atomic E-state index is 10.4. The lowest BCUT2D eigenvalue weighted by Gasteiger charge is -1.93. The highest BCUT2D eigenvalue weighted by molar-refractivity contribution is 7.16. The van der Waals surface area contributed by atoms with Crippen LogP contribution < -0.4 is 0 Å². The minimum Gasteiger partial charge on any atom is -0.297 e. The van der Waals surface area contributed by atoms with E-state index in [-0.39, 0.29) is 0 Å². The monoisotopic (exact) mass is 224 g/mol. The summed E-state index contributed by atoms with van der Waals surface area (Å²) in [7, 11) is 0. The molecule has 0 aliphatic heterocycles. The van der Waals surface area contributed by atoms with Crippen LogP contribution in [0.1, 0.15) is 9.67 Å². The summed E-state index contributed by atoms with van der Waals surface area (Å²) in [6.45, 7) is 0. The Morgan fingerprint density at radius 1 is 1.29 bits per heavy atom. The number of aldehydes is 1. The molecule has 2 aromatic rings. The largest absolute Gasteiger partial charge is 0.297 e. The van der Waals surface area contributed by atoms with Gasteiger partial charge in [-0.2, -0.15) is 0 Å². The van der Waals surface area contributed by atoms with Crippen molar-refractivity contribution in [2.24, 2.45) is 0 Å². The molecule has 2 rings (SSSR count). The van der Waals surface area contributed by atoms with Gasteiger partial charge in [-0.15, -0.1) is 11.3 Å². The lowest BCUT2D eigenvalue weighted by Crippen LogP contribution is -1.79. The number of carbonyl (C=O) groups excluding carboxylic acids is 1. The number of thiazole rings is 1. The molecule has 0 amide bonds. The first-order valence-corrected chi connectivity index (χ1v) is 5.02. The Balaban J connectivity index is 2.39. The van der Waals surface area contributed by atoms with E-state index in [1.807, 2.05) is 0 Å². The normalized spacial score (nSPS) is 10.1. The summed E-state index contributed by atoms with van der Waals surface area (Å²) < 4.78 is 0. The van der Waals surface area contributed by atoms with Crippen molar-refractivity contribution in [3.8, 4) is 10.7 Å². The van der Waals surface area contributed by atoms with Gasteiger partial charge in [-0.1, -0.05) is 11.6 Å². The van der Waals surface area contributed by atoms with Crippen molar-refractivity contribution in [2.75, 3.05) is 0 Å². The molecule has 0 aromatic carbocycles. The summed E-state index contributed by atoms with van der Waals surface area (Å²) in [5.41, 5.74) is 0.729. The lowest BCUT2D eigenvalue weighted by atomic mass is 10.4. The van der Waals surface area contributed by atoms with E-state index in [2.05, 4.69) is 9.97 Å². The maximum absolute atomic E-state index is 10.4. The summed E-state index contributed by atoms with van der Waals surface area (Å²) in [6.07, 6.45) is 3.86. The van der Waals surface area contributed by atoms with Gasteiger partial charge in [-0.05, 0) is 12.1 Å². The fourth-order valence-electron chi connectivity index (χ4n) is 0.962. The molecular formula is C9H5ClN2OS. The van der Waals surface area contributed by atoms with Crippen molar-refractivity contribution in [1.82, 2.24) is 9.97 Å². The molecule has 70 valence electrons. The van der Waals surface area contributed by atoms with Gasteiger partial charge in [0.05, 0.1) is 15.6 Å². The number of halogens is 1. The van der Waals surface area contributed by atoms with Gasteiger partial charge in [0, 0.05) is 12.4 Å². The third-order valence-corrected chi connectivity index (χ3v) is 2.76. The highest BCUT2D eigenvalue weighted by Crippen LogP contribution is 2.22. The predicted octanol–water partition coefficient (Wildman–Crippen LogP) is 2.67. The molecule has 0 radical (unpaired) electrons. The minimum atomic E-state index is 0.584. The van der Waals surface area contributed by atoms with E-state index in [4.69, 9.17) is 11.6 Å². The third kappa shape index (κ3) is 1.81. The Morgan fingerprint density at radius 3 is 2.71 bits per heavy atom. The third-order valence-electron chi connectivity index (χ3n) is 1.59. The number of nitrogens with zero attached hydrogens (tertiary/aromatic N) is 2. The van der Waals surface area contributed by atoms with Gasteiger partial charge in [0.1, 0.15) is 5.01 Å². The smallest absolute Gasteiger partial charge is 0.161 e. The van der Waals surface area contributed by atoms with Gasteiger partial charge in [-0.25, -0.2) is 4.98 Å². The van der Waals surface area contributed by atoms with Gasteiger partial charge < -0.3 is 0 Å².